The third-order valence-electron chi connectivity index (χ3n) is 3.14. The molecule has 0 fully saturated rings. The van der Waals surface area contributed by atoms with E-state index in [2.05, 4.69) is 81.2 Å². The highest BCUT2D eigenvalue weighted by molar-refractivity contribution is 9.09. The van der Waals surface area contributed by atoms with E-state index in [1.807, 2.05) is 0 Å². The van der Waals surface area contributed by atoms with E-state index in [0.29, 0.717) is 0 Å². The predicted molar refractivity (Wildman–Crippen MR) is 83.3 cm³/mol. The summed E-state index contributed by atoms with van der Waals surface area (Å²) < 4.78 is 0. The van der Waals surface area contributed by atoms with Crippen molar-refractivity contribution in [3.05, 3.63) is 48.0 Å². The van der Waals surface area contributed by atoms with Crippen LogP contribution in [-0.2, 0) is 6.42 Å². The second-order valence-corrected chi connectivity index (χ2v) is 6.01. The molecule has 2 aromatic rings. The van der Waals surface area contributed by atoms with Crippen LogP contribution >= 0.6 is 31.9 Å². The van der Waals surface area contributed by atoms with Gasteiger partial charge in [-0.2, -0.15) is 0 Å². The molecule has 2 aromatic carbocycles. The molecule has 0 spiro atoms. The third-order valence-corrected chi connectivity index (χ3v) is 5.85. The largest absolute Gasteiger partial charge is 0.0922 e. The lowest BCUT2D eigenvalue weighted by atomic mass is 9.86. The number of fused-ring (bicyclic) bond motifs is 1. The molecule has 0 aliphatic rings. The summed E-state index contributed by atoms with van der Waals surface area (Å²) in [5.41, 5.74) is 1.70. The number of hydrogen-bond acceptors (Lipinski definition) is 0. The van der Waals surface area contributed by atoms with Gasteiger partial charge in [-0.05, 0) is 28.2 Å². The van der Waals surface area contributed by atoms with Gasteiger partial charge in [0, 0.05) is 10.7 Å². The van der Waals surface area contributed by atoms with Crippen molar-refractivity contribution in [2.75, 3.05) is 10.7 Å². The van der Waals surface area contributed by atoms with Gasteiger partial charge >= 0.3 is 0 Å². The Balaban J connectivity index is 2.42. The van der Waals surface area contributed by atoms with E-state index in [1.54, 1.807) is 0 Å². The lowest BCUT2D eigenvalue weighted by Gasteiger charge is -2.25. The summed E-state index contributed by atoms with van der Waals surface area (Å²) in [6.45, 7) is 2.30. The molecule has 0 bridgehead atoms. The van der Waals surface area contributed by atoms with Crippen molar-refractivity contribution in [2.45, 2.75) is 13.3 Å². The molecule has 17 heavy (non-hydrogen) atoms. The second kappa shape index (κ2) is 5.53. The lowest BCUT2D eigenvalue weighted by molar-refractivity contribution is 0.440. The van der Waals surface area contributed by atoms with E-state index in [-0.39, 0.29) is 5.41 Å². The minimum Gasteiger partial charge on any atom is -0.0922 e. The first-order chi connectivity index (χ1) is 8.18. The van der Waals surface area contributed by atoms with Gasteiger partial charge in [0.15, 0.2) is 0 Å². The summed E-state index contributed by atoms with van der Waals surface area (Å²) in [5, 5.41) is 4.72. The summed E-state index contributed by atoms with van der Waals surface area (Å²) in [5.74, 6) is 0. The van der Waals surface area contributed by atoms with Gasteiger partial charge in [-0.25, -0.2) is 0 Å². The topological polar surface area (TPSA) is 0 Å². The van der Waals surface area contributed by atoms with Gasteiger partial charge in [0.1, 0.15) is 0 Å². The van der Waals surface area contributed by atoms with Gasteiger partial charge in [-0.15, -0.1) is 0 Å². The maximum atomic E-state index is 3.62. The minimum atomic E-state index is 0.268. The molecule has 0 radical (unpaired) electrons. The lowest BCUT2D eigenvalue weighted by Crippen LogP contribution is -2.23. The minimum absolute atomic E-state index is 0.268. The van der Waals surface area contributed by atoms with E-state index >= 15 is 0 Å². The molecule has 0 N–H and O–H groups in total. The number of hydrogen-bond donors (Lipinski definition) is 0. The molecule has 0 amide bonds. The zero-order valence-electron chi connectivity index (χ0n) is 9.92. The molecule has 0 heterocycles. The fraction of sp³-hybridized carbons (Fsp3) is 0.333. The summed E-state index contributed by atoms with van der Waals surface area (Å²) in [4.78, 5) is 0. The molecular formula is C15H16Br2. The third kappa shape index (κ3) is 2.92. The van der Waals surface area contributed by atoms with Crippen molar-refractivity contribution < 1.29 is 0 Å². The quantitative estimate of drug-likeness (QED) is 0.663. The van der Waals surface area contributed by atoms with Crippen LogP contribution in [0.1, 0.15) is 12.5 Å². The Labute approximate surface area is 120 Å². The molecule has 0 atom stereocenters. The summed E-state index contributed by atoms with van der Waals surface area (Å²) >= 11 is 7.25. The summed E-state index contributed by atoms with van der Waals surface area (Å²) in [7, 11) is 0. The first-order valence-electron chi connectivity index (χ1n) is 5.77. The molecule has 0 aliphatic carbocycles. The molecule has 90 valence electrons. The standard InChI is InChI=1S/C15H16Br2/c1-15(10-16,11-17)9-13-7-4-6-12-5-2-3-8-14(12)13/h2-8H,9-11H2,1H3. The van der Waals surface area contributed by atoms with Gasteiger partial charge in [0.2, 0.25) is 0 Å². The zero-order chi connectivity index (χ0) is 12.3. The average Bonchev–Trinajstić information content (AvgIpc) is 2.39. The van der Waals surface area contributed by atoms with Gasteiger partial charge in [0.25, 0.3) is 0 Å². The first kappa shape index (κ1) is 13.1. The number of alkyl halides is 2. The Kier molecular flexibility index (Phi) is 4.26. The Morgan fingerprint density at radius 2 is 1.59 bits per heavy atom. The van der Waals surface area contributed by atoms with Gasteiger partial charge in [-0.3, -0.25) is 0 Å². The Bertz CT molecular complexity index is 496. The van der Waals surface area contributed by atoms with E-state index < -0.39 is 0 Å². The van der Waals surface area contributed by atoms with E-state index in [1.165, 1.54) is 16.3 Å². The monoisotopic (exact) mass is 354 g/mol. The molecule has 0 aromatic heterocycles. The molecule has 2 heteroatoms. The molecule has 2 rings (SSSR count). The van der Waals surface area contributed by atoms with Crippen molar-refractivity contribution in [3.63, 3.8) is 0 Å². The highest BCUT2D eigenvalue weighted by Gasteiger charge is 2.22. The SMILES string of the molecule is CC(CBr)(CBr)Cc1cccc2ccccc12. The number of benzene rings is 2. The van der Waals surface area contributed by atoms with Crippen molar-refractivity contribution in [1.82, 2.24) is 0 Å². The van der Waals surface area contributed by atoms with Crippen LogP contribution < -0.4 is 0 Å². The van der Waals surface area contributed by atoms with Gasteiger partial charge < -0.3 is 0 Å². The van der Waals surface area contributed by atoms with Gasteiger partial charge in [-0.1, -0.05) is 81.2 Å². The van der Waals surface area contributed by atoms with Crippen LogP contribution in [0.3, 0.4) is 0 Å². The fourth-order valence-corrected chi connectivity index (χ4v) is 3.36. The highest BCUT2D eigenvalue weighted by Crippen LogP contribution is 2.30. The van der Waals surface area contributed by atoms with Crippen LogP contribution in [0.25, 0.3) is 10.8 Å². The average molecular weight is 356 g/mol. The summed E-state index contributed by atoms with van der Waals surface area (Å²) in [6.07, 6.45) is 1.09. The van der Waals surface area contributed by atoms with Crippen LogP contribution in [0.15, 0.2) is 42.5 Å². The van der Waals surface area contributed by atoms with Gasteiger partial charge in [0.05, 0.1) is 0 Å². The van der Waals surface area contributed by atoms with E-state index in [9.17, 15) is 0 Å². The smallest absolute Gasteiger partial charge is 0.00965 e. The van der Waals surface area contributed by atoms with E-state index in [4.69, 9.17) is 0 Å². The first-order valence-corrected chi connectivity index (χ1v) is 8.01. The maximum Gasteiger partial charge on any atom is 0.00965 e. The Morgan fingerprint density at radius 1 is 0.941 bits per heavy atom. The van der Waals surface area contributed by atoms with Crippen LogP contribution in [0.5, 0.6) is 0 Å². The fourth-order valence-electron chi connectivity index (χ4n) is 2.04. The van der Waals surface area contributed by atoms with Crippen LogP contribution in [-0.4, -0.2) is 10.7 Å². The molecule has 0 saturated heterocycles. The Morgan fingerprint density at radius 3 is 2.29 bits per heavy atom. The van der Waals surface area contributed by atoms with Crippen molar-refractivity contribution in [3.8, 4) is 0 Å². The highest BCUT2D eigenvalue weighted by atomic mass is 79.9. The van der Waals surface area contributed by atoms with Crippen molar-refractivity contribution >= 4 is 42.6 Å². The number of halogens is 2. The summed E-state index contributed by atoms with van der Waals surface area (Å²) in [6, 6.07) is 15.2. The molecular weight excluding hydrogens is 340 g/mol. The zero-order valence-corrected chi connectivity index (χ0v) is 13.1. The predicted octanol–water partition coefficient (Wildman–Crippen LogP) is 5.18. The normalized spacial score (nSPS) is 11.9. The number of rotatable bonds is 4. The van der Waals surface area contributed by atoms with Crippen LogP contribution in [0.4, 0.5) is 0 Å². The Hall–Kier alpha value is -0.340. The van der Waals surface area contributed by atoms with E-state index in [0.717, 1.165) is 17.1 Å². The van der Waals surface area contributed by atoms with Crippen LogP contribution in [0, 0.1) is 5.41 Å². The molecule has 0 saturated carbocycles. The van der Waals surface area contributed by atoms with Crippen LogP contribution in [0.2, 0.25) is 0 Å². The van der Waals surface area contributed by atoms with Crippen molar-refractivity contribution in [2.24, 2.45) is 5.41 Å². The maximum absolute atomic E-state index is 3.62. The molecule has 0 nitrogen and oxygen atoms in total. The molecule has 0 aliphatic heterocycles. The molecule has 0 unspecified atom stereocenters. The van der Waals surface area contributed by atoms with Crippen molar-refractivity contribution in [1.29, 1.82) is 0 Å². The second-order valence-electron chi connectivity index (χ2n) is 4.89.